The molecule has 2 bridgehead atoms. The van der Waals surface area contributed by atoms with Crippen molar-refractivity contribution in [1.29, 1.82) is 0 Å². The quantitative estimate of drug-likeness (QED) is 0.464. The van der Waals surface area contributed by atoms with Crippen LogP contribution in [-0.2, 0) is 13.6 Å². The van der Waals surface area contributed by atoms with E-state index in [1.54, 1.807) is 6.08 Å². The van der Waals surface area contributed by atoms with Crippen molar-refractivity contribution in [2.45, 2.75) is 18.6 Å². The van der Waals surface area contributed by atoms with Gasteiger partial charge in [0, 0.05) is 6.42 Å². The second kappa shape index (κ2) is 3.67. The van der Waals surface area contributed by atoms with Crippen LogP contribution in [0.1, 0.15) is 6.42 Å². The van der Waals surface area contributed by atoms with Crippen LogP contribution in [0.4, 0.5) is 0 Å². The summed E-state index contributed by atoms with van der Waals surface area (Å²) in [5.41, 5.74) is 0. The molecule has 3 nitrogen and oxygen atoms in total. The summed E-state index contributed by atoms with van der Waals surface area (Å²) in [5.74, 6) is 0. The number of hydrogen-bond donors (Lipinski definition) is 0. The molecule has 0 aromatic rings. The molecule has 2 rings (SSSR count). The van der Waals surface area contributed by atoms with Crippen molar-refractivity contribution in [2.24, 2.45) is 0 Å². The van der Waals surface area contributed by atoms with Crippen LogP contribution in [0.5, 0.6) is 0 Å². The molecule has 0 radical (unpaired) electrons. The third-order valence-corrected chi connectivity index (χ3v) is 3.04. The number of hydrogen-bond acceptors (Lipinski definition) is 3. The van der Waals surface area contributed by atoms with Crippen LogP contribution < -0.4 is 0 Å². The molecule has 1 unspecified atom stereocenters. The van der Waals surface area contributed by atoms with Gasteiger partial charge in [0.2, 0.25) is 0 Å². The van der Waals surface area contributed by atoms with E-state index in [1.165, 1.54) is 0 Å². The van der Waals surface area contributed by atoms with E-state index in [2.05, 4.69) is 6.58 Å². The van der Waals surface area contributed by atoms with E-state index in [-0.39, 0.29) is 12.2 Å². The summed E-state index contributed by atoms with van der Waals surface area (Å²) in [7, 11) is -1.13. The highest BCUT2D eigenvalue weighted by Gasteiger charge is 2.30. The van der Waals surface area contributed by atoms with Gasteiger partial charge >= 0.3 is 8.60 Å². The van der Waals surface area contributed by atoms with Crippen molar-refractivity contribution < 1.29 is 13.6 Å². The van der Waals surface area contributed by atoms with Crippen LogP contribution >= 0.6 is 8.60 Å². The fourth-order valence-corrected chi connectivity index (χ4v) is 2.34. The first-order chi connectivity index (χ1) is 5.88. The monoisotopic (exact) mass is 186 g/mol. The Labute approximate surface area is 73.0 Å². The van der Waals surface area contributed by atoms with Gasteiger partial charge in [0.15, 0.2) is 0 Å². The molecule has 2 aliphatic rings. The van der Waals surface area contributed by atoms with Gasteiger partial charge in [0.1, 0.15) is 0 Å². The zero-order valence-corrected chi connectivity index (χ0v) is 7.57. The first-order valence-electron chi connectivity index (χ1n) is 3.94. The molecule has 66 valence electrons. The molecule has 1 fully saturated rings. The molecule has 3 atom stereocenters. The molecule has 0 amide bonds. The lowest BCUT2D eigenvalue weighted by atomic mass is 10.1. The maximum absolute atomic E-state index is 5.47. The topological polar surface area (TPSA) is 27.7 Å². The van der Waals surface area contributed by atoms with E-state index in [9.17, 15) is 0 Å². The van der Waals surface area contributed by atoms with Crippen molar-refractivity contribution in [3.05, 3.63) is 24.8 Å². The lowest BCUT2D eigenvalue weighted by Gasteiger charge is -2.29. The van der Waals surface area contributed by atoms with Crippen LogP contribution in [0.2, 0.25) is 0 Å². The highest BCUT2D eigenvalue weighted by Crippen LogP contribution is 2.48. The van der Waals surface area contributed by atoms with E-state index in [0.29, 0.717) is 6.61 Å². The predicted molar refractivity (Wildman–Crippen MR) is 46.6 cm³/mol. The Morgan fingerprint density at radius 1 is 1.50 bits per heavy atom. The van der Waals surface area contributed by atoms with Gasteiger partial charge in [0.25, 0.3) is 0 Å². The Balaban J connectivity index is 2.06. The van der Waals surface area contributed by atoms with Crippen molar-refractivity contribution >= 4 is 8.60 Å². The van der Waals surface area contributed by atoms with Crippen LogP contribution in [0.25, 0.3) is 0 Å². The number of rotatable bonds is 1. The Morgan fingerprint density at radius 2 is 2.42 bits per heavy atom. The lowest BCUT2D eigenvalue weighted by molar-refractivity contribution is 0.0647. The average molecular weight is 186 g/mol. The summed E-state index contributed by atoms with van der Waals surface area (Å²) < 4.78 is 16.2. The van der Waals surface area contributed by atoms with Crippen LogP contribution in [0.15, 0.2) is 24.8 Å². The normalized spacial score (nSPS) is 40.5. The Kier molecular flexibility index (Phi) is 2.57. The molecule has 0 saturated carbocycles. The third kappa shape index (κ3) is 1.75. The molecule has 1 saturated heterocycles. The first-order valence-corrected chi connectivity index (χ1v) is 5.04. The standard InChI is InChI=1S/C8H11O3P/c1-2-7-6-8-4-3-5-9-12(10-7)11-8/h2-4,7-8H,1,5-6H2/t7-,8-,12?/m1/s1. The van der Waals surface area contributed by atoms with E-state index in [1.807, 2.05) is 12.2 Å². The van der Waals surface area contributed by atoms with Crippen molar-refractivity contribution in [3.8, 4) is 0 Å². The maximum Gasteiger partial charge on any atom is 0.334 e. The molecular weight excluding hydrogens is 175 g/mol. The van der Waals surface area contributed by atoms with E-state index in [0.717, 1.165) is 6.42 Å². The highest BCUT2D eigenvalue weighted by atomic mass is 31.2. The largest absolute Gasteiger partial charge is 0.334 e. The SMILES string of the molecule is C=C[C@@H]1C[C@H]2C=CCOP(O1)O2. The fraction of sp³-hybridized carbons (Fsp3) is 0.500. The molecule has 4 heteroatoms. The average Bonchev–Trinajstić information content (AvgIpc) is 2.27. The molecule has 0 aromatic heterocycles. The van der Waals surface area contributed by atoms with Gasteiger partial charge in [0.05, 0.1) is 18.8 Å². The molecule has 0 spiro atoms. The van der Waals surface area contributed by atoms with E-state index in [4.69, 9.17) is 13.6 Å². The van der Waals surface area contributed by atoms with Crippen LogP contribution in [0, 0.1) is 0 Å². The minimum Gasteiger partial charge on any atom is -0.308 e. The maximum atomic E-state index is 5.47. The Bertz CT molecular complexity index is 204. The van der Waals surface area contributed by atoms with Crippen molar-refractivity contribution in [2.75, 3.05) is 6.61 Å². The lowest BCUT2D eigenvalue weighted by Crippen LogP contribution is -2.23. The van der Waals surface area contributed by atoms with E-state index >= 15 is 0 Å². The minimum absolute atomic E-state index is 0.0811. The minimum atomic E-state index is -1.13. The van der Waals surface area contributed by atoms with Gasteiger partial charge in [-0.3, -0.25) is 0 Å². The van der Waals surface area contributed by atoms with Gasteiger partial charge in [-0.2, -0.15) is 0 Å². The summed E-state index contributed by atoms with van der Waals surface area (Å²) in [6, 6.07) is 0. The van der Waals surface area contributed by atoms with Gasteiger partial charge in [-0.05, 0) is 0 Å². The summed E-state index contributed by atoms with van der Waals surface area (Å²) in [6.07, 6.45) is 6.88. The van der Waals surface area contributed by atoms with Gasteiger partial charge in [-0.25, -0.2) is 0 Å². The van der Waals surface area contributed by atoms with Gasteiger partial charge in [-0.1, -0.05) is 18.2 Å². The molecule has 0 aromatic carbocycles. The molecule has 2 aliphatic heterocycles. The van der Waals surface area contributed by atoms with Crippen molar-refractivity contribution in [3.63, 3.8) is 0 Å². The van der Waals surface area contributed by atoms with Gasteiger partial charge < -0.3 is 13.6 Å². The second-order valence-electron chi connectivity index (χ2n) is 2.71. The Morgan fingerprint density at radius 3 is 3.25 bits per heavy atom. The zero-order valence-electron chi connectivity index (χ0n) is 6.68. The third-order valence-electron chi connectivity index (χ3n) is 1.80. The first kappa shape index (κ1) is 8.39. The summed E-state index contributed by atoms with van der Waals surface area (Å²) >= 11 is 0. The highest BCUT2D eigenvalue weighted by molar-refractivity contribution is 7.41. The summed E-state index contributed by atoms with van der Waals surface area (Å²) in [5, 5.41) is 0. The second-order valence-corrected chi connectivity index (χ2v) is 3.83. The molecule has 12 heavy (non-hydrogen) atoms. The van der Waals surface area contributed by atoms with Crippen molar-refractivity contribution in [1.82, 2.24) is 0 Å². The summed E-state index contributed by atoms with van der Waals surface area (Å²) in [6.45, 7) is 4.28. The molecule has 2 heterocycles. The van der Waals surface area contributed by atoms with E-state index < -0.39 is 8.60 Å². The molecule has 0 aliphatic carbocycles. The molecule has 0 N–H and O–H groups in total. The van der Waals surface area contributed by atoms with Crippen LogP contribution in [-0.4, -0.2) is 18.8 Å². The smallest absolute Gasteiger partial charge is 0.308 e. The predicted octanol–water partition coefficient (Wildman–Crippen LogP) is 2.16. The zero-order chi connectivity index (χ0) is 8.39. The van der Waals surface area contributed by atoms with Crippen LogP contribution in [0.3, 0.4) is 0 Å². The number of fused-ring (bicyclic) bond motifs is 2. The molecular formula is C8H11O3P. The summed E-state index contributed by atoms with van der Waals surface area (Å²) in [4.78, 5) is 0. The Hall–Kier alpha value is -0.210. The van der Waals surface area contributed by atoms with Gasteiger partial charge in [-0.15, -0.1) is 6.58 Å². The fourth-order valence-electron chi connectivity index (χ4n) is 1.19.